The van der Waals surface area contributed by atoms with Crippen LogP contribution in [0.1, 0.15) is 13.3 Å². The van der Waals surface area contributed by atoms with Crippen LogP contribution in [0.3, 0.4) is 0 Å². The Hall–Kier alpha value is -2.34. The van der Waals surface area contributed by atoms with Crippen LogP contribution >= 0.6 is 0 Å². The SMILES string of the molecule is C=COC(=O)C(CC=C(C)C(=O)O)=C(C=C)OCCO. The van der Waals surface area contributed by atoms with Crippen molar-refractivity contribution >= 4 is 11.9 Å². The molecule has 0 atom stereocenters. The van der Waals surface area contributed by atoms with Gasteiger partial charge in [0.15, 0.2) is 0 Å². The minimum Gasteiger partial charge on any atom is -0.491 e. The third-order valence-electron chi connectivity index (χ3n) is 2.22. The summed E-state index contributed by atoms with van der Waals surface area (Å²) in [4.78, 5) is 22.5. The third kappa shape index (κ3) is 6.01. The fourth-order valence-electron chi connectivity index (χ4n) is 1.20. The van der Waals surface area contributed by atoms with Gasteiger partial charge in [0.2, 0.25) is 0 Å². The summed E-state index contributed by atoms with van der Waals surface area (Å²) >= 11 is 0. The highest BCUT2D eigenvalue weighted by molar-refractivity contribution is 5.91. The van der Waals surface area contributed by atoms with Crippen molar-refractivity contribution < 1.29 is 29.3 Å². The van der Waals surface area contributed by atoms with Gasteiger partial charge < -0.3 is 19.7 Å². The second-order valence-corrected chi connectivity index (χ2v) is 3.59. The Balaban J connectivity index is 5.34. The molecule has 0 amide bonds. The van der Waals surface area contributed by atoms with Crippen LogP contribution in [-0.4, -0.2) is 35.4 Å². The molecule has 0 saturated carbocycles. The molecular formula is C14H18O6. The summed E-state index contributed by atoms with van der Waals surface area (Å²) < 4.78 is 9.82. The molecule has 0 unspecified atom stereocenters. The van der Waals surface area contributed by atoms with Crippen molar-refractivity contribution in [2.45, 2.75) is 13.3 Å². The highest BCUT2D eigenvalue weighted by atomic mass is 16.5. The summed E-state index contributed by atoms with van der Waals surface area (Å²) in [6.07, 6.45) is 3.60. The number of aliphatic hydroxyl groups is 1. The van der Waals surface area contributed by atoms with Crippen LogP contribution in [0.4, 0.5) is 0 Å². The smallest absolute Gasteiger partial charge is 0.342 e. The lowest BCUT2D eigenvalue weighted by Crippen LogP contribution is -2.10. The second-order valence-electron chi connectivity index (χ2n) is 3.59. The van der Waals surface area contributed by atoms with Crippen LogP contribution in [0.25, 0.3) is 0 Å². The van der Waals surface area contributed by atoms with E-state index in [1.807, 2.05) is 0 Å². The number of carboxylic acids is 1. The number of carbonyl (C=O) groups excluding carboxylic acids is 1. The molecule has 0 spiro atoms. The standard InChI is InChI=1S/C14H18O6/c1-4-12(20-9-8-15)11(14(18)19-5-2)7-6-10(3)13(16)17/h4-6,15H,1-2,7-9H2,3H3,(H,16,17). The van der Waals surface area contributed by atoms with Gasteiger partial charge in [-0.2, -0.15) is 0 Å². The molecule has 0 rings (SSSR count). The summed E-state index contributed by atoms with van der Waals surface area (Å²) in [6.45, 7) is 7.93. The van der Waals surface area contributed by atoms with Crippen molar-refractivity contribution in [3.8, 4) is 0 Å². The van der Waals surface area contributed by atoms with Gasteiger partial charge in [-0.15, -0.1) is 0 Å². The first-order valence-corrected chi connectivity index (χ1v) is 5.79. The summed E-state index contributed by atoms with van der Waals surface area (Å²) in [6, 6.07) is 0. The molecule has 6 heteroatoms. The first-order valence-electron chi connectivity index (χ1n) is 5.79. The molecule has 0 heterocycles. The number of ether oxygens (including phenoxy) is 2. The van der Waals surface area contributed by atoms with Crippen molar-refractivity contribution in [2.24, 2.45) is 0 Å². The first-order chi connectivity index (χ1) is 9.47. The van der Waals surface area contributed by atoms with E-state index in [2.05, 4.69) is 17.9 Å². The molecule has 20 heavy (non-hydrogen) atoms. The van der Waals surface area contributed by atoms with Gasteiger partial charge in [0.1, 0.15) is 12.4 Å². The summed E-state index contributed by atoms with van der Waals surface area (Å²) in [7, 11) is 0. The van der Waals surface area contributed by atoms with Gasteiger partial charge in [0, 0.05) is 12.0 Å². The molecule has 110 valence electrons. The van der Waals surface area contributed by atoms with E-state index in [4.69, 9.17) is 14.9 Å². The van der Waals surface area contributed by atoms with Gasteiger partial charge in [-0.05, 0) is 13.0 Å². The minimum atomic E-state index is -1.09. The van der Waals surface area contributed by atoms with E-state index < -0.39 is 11.9 Å². The quantitative estimate of drug-likeness (QED) is 0.288. The second kappa shape index (κ2) is 9.57. The summed E-state index contributed by atoms with van der Waals surface area (Å²) in [5.74, 6) is -1.68. The molecule has 0 saturated heterocycles. The van der Waals surface area contributed by atoms with Crippen molar-refractivity contribution in [1.29, 1.82) is 0 Å². The fraction of sp³-hybridized carbons (Fsp3) is 0.286. The molecule has 2 N–H and O–H groups in total. The first kappa shape index (κ1) is 17.7. The average Bonchev–Trinajstić information content (AvgIpc) is 2.42. The number of rotatable bonds is 9. The number of hydrogen-bond donors (Lipinski definition) is 2. The molecule has 0 bridgehead atoms. The van der Waals surface area contributed by atoms with Crippen LogP contribution < -0.4 is 0 Å². The molecule has 0 fully saturated rings. The van der Waals surface area contributed by atoms with Gasteiger partial charge in [0.25, 0.3) is 0 Å². The van der Waals surface area contributed by atoms with Gasteiger partial charge in [0.05, 0.1) is 18.4 Å². The zero-order chi connectivity index (χ0) is 15.5. The Bertz CT molecular complexity index is 445. The summed E-state index contributed by atoms with van der Waals surface area (Å²) in [5, 5.41) is 17.5. The summed E-state index contributed by atoms with van der Waals surface area (Å²) in [5.41, 5.74) is 0.174. The van der Waals surface area contributed by atoms with E-state index in [1.54, 1.807) is 0 Å². The van der Waals surface area contributed by atoms with Crippen LogP contribution in [0.2, 0.25) is 0 Å². The molecule has 0 radical (unpaired) electrons. The maximum Gasteiger partial charge on any atom is 0.342 e. The Kier molecular flexibility index (Phi) is 8.45. The fourth-order valence-corrected chi connectivity index (χ4v) is 1.20. The normalized spacial score (nSPS) is 12.2. The van der Waals surface area contributed by atoms with Gasteiger partial charge in [-0.3, -0.25) is 0 Å². The topological polar surface area (TPSA) is 93.1 Å². The van der Waals surface area contributed by atoms with Gasteiger partial charge in [-0.25, -0.2) is 9.59 Å². The van der Waals surface area contributed by atoms with E-state index in [0.29, 0.717) is 0 Å². The maximum absolute atomic E-state index is 11.8. The van der Waals surface area contributed by atoms with Crippen LogP contribution in [0, 0.1) is 0 Å². The largest absolute Gasteiger partial charge is 0.491 e. The highest BCUT2D eigenvalue weighted by Crippen LogP contribution is 2.16. The van der Waals surface area contributed by atoms with Crippen molar-refractivity contribution in [3.63, 3.8) is 0 Å². The maximum atomic E-state index is 11.8. The minimum absolute atomic E-state index is 0.00239. The zero-order valence-electron chi connectivity index (χ0n) is 11.3. The molecule has 0 aliphatic carbocycles. The predicted octanol–water partition coefficient (Wildman–Crippen LogP) is 1.54. The van der Waals surface area contributed by atoms with Crippen molar-refractivity contribution in [2.75, 3.05) is 13.2 Å². The van der Waals surface area contributed by atoms with E-state index in [1.165, 1.54) is 19.1 Å². The third-order valence-corrected chi connectivity index (χ3v) is 2.22. The number of allylic oxidation sites excluding steroid dienone is 2. The molecule has 6 nitrogen and oxygen atoms in total. The lowest BCUT2D eigenvalue weighted by Gasteiger charge is -2.10. The zero-order valence-corrected chi connectivity index (χ0v) is 11.3. The Labute approximate surface area is 117 Å². The van der Waals surface area contributed by atoms with Crippen LogP contribution in [0.5, 0.6) is 0 Å². The van der Waals surface area contributed by atoms with Crippen LogP contribution in [0.15, 0.2) is 48.5 Å². The monoisotopic (exact) mass is 282 g/mol. The highest BCUT2D eigenvalue weighted by Gasteiger charge is 2.16. The number of aliphatic carboxylic acids is 1. The Morgan fingerprint density at radius 2 is 1.95 bits per heavy atom. The van der Waals surface area contributed by atoms with Gasteiger partial charge >= 0.3 is 11.9 Å². The van der Waals surface area contributed by atoms with Crippen LogP contribution in [-0.2, 0) is 19.1 Å². The lowest BCUT2D eigenvalue weighted by molar-refractivity contribution is -0.134. The average molecular weight is 282 g/mol. The number of carboxylic acid groups (broad SMARTS) is 1. The number of carbonyl (C=O) groups is 2. The molecule has 0 aromatic carbocycles. The van der Waals surface area contributed by atoms with Gasteiger partial charge in [-0.1, -0.05) is 19.2 Å². The number of hydrogen-bond acceptors (Lipinski definition) is 5. The van der Waals surface area contributed by atoms with E-state index in [-0.39, 0.29) is 36.5 Å². The molecule has 0 aliphatic rings. The Morgan fingerprint density at radius 3 is 2.40 bits per heavy atom. The molecule has 0 aromatic rings. The van der Waals surface area contributed by atoms with Crippen molar-refractivity contribution in [1.82, 2.24) is 0 Å². The molecule has 0 aliphatic heterocycles. The van der Waals surface area contributed by atoms with E-state index in [9.17, 15) is 9.59 Å². The lowest BCUT2D eigenvalue weighted by atomic mass is 10.1. The number of esters is 1. The Morgan fingerprint density at radius 1 is 1.30 bits per heavy atom. The van der Waals surface area contributed by atoms with E-state index >= 15 is 0 Å². The molecule has 0 aromatic heterocycles. The van der Waals surface area contributed by atoms with E-state index in [0.717, 1.165) is 6.26 Å². The van der Waals surface area contributed by atoms with Crippen molar-refractivity contribution in [3.05, 3.63) is 48.5 Å². The predicted molar refractivity (Wildman–Crippen MR) is 72.6 cm³/mol. The number of aliphatic hydroxyl groups excluding tert-OH is 1. The molecular weight excluding hydrogens is 264 g/mol.